The number of halogens is 1. The van der Waals surface area contributed by atoms with Gasteiger partial charge in [-0.3, -0.25) is 9.48 Å². The van der Waals surface area contributed by atoms with Crippen LogP contribution in [0.25, 0.3) is 0 Å². The molecule has 0 spiro atoms. The Morgan fingerprint density at radius 3 is 2.95 bits per heavy atom. The summed E-state index contributed by atoms with van der Waals surface area (Å²) < 4.78 is 1.80. The van der Waals surface area contributed by atoms with Gasteiger partial charge in [0.1, 0.15) is 0 Å². The largest absolute Gasteiger partial charge is 0.356 e. The molecule has 0 bridgehead atoms. The maximum absolute atomic E-state index is 11.8. The van der Waals surface area contributed by atoms with Gasteiger partial charge in [-0.2, -0.15) is 5.10 Å². The Balaban J connectivity index is 0.00000180. The molecule has 2 rings (SSSR count). The van der Waals surface area contributed by atoms with E-state index >= 15 is 0 Å². The zero-order valence-corrected chi connectivity index (χ0v) is 12.2. The quantitative estimate of drug-likeness (QED) is 0.794. The van der Waals surface area contributed by atoms with E-state index in [4.69, 9.17) is 5.73 Å². The number of amides is 1. The van der Waals surface area contributed by atoms with E-state index in [1.807, 2.05) is 19.4 Å². The Morgan fingerprint density at radius 1 is 1.58 bits per heavy atom. The van der Waals surface area contributed by atoms with Gasteiger partial charge < -0.3 is 11.1 Å². The standard InChI is InChI=1S/C13H22N4O.ClH/c1-17-9-10(8-16-17)3-2-6-15-13(18)11-4-5-12(14)7-11;/h8-9,11-12H,2-7,14H2,1H3,(H,15,18);1H/t11-,12+;/m0./s1. The lowest BCUT2D eigenvalue weighted by Gasteiger charge is -2.10. The van der Waals surface area contributed by atoms with Crippen molar-refractivity contribution in [2.45, 2.75) is 38.1 Å². The van der Waals surface area contributed by atoms with Crippen LogP contribution >= 0.6 is 12.4 Å². The second-order valence-corrected chi connectivity index (χ2v) is 5.19. The molecule has 19 heavy (non-hydrogen) atoms. The topological polar surface area (TPSA) is 72.9 Å². The smallest absolute Gasteiger partial charge is 0.223 e. The minimum Gasteiger partial charge on any atom is -0.356 e. The summed E-state index contributed by atoms with van der Waals surface area (Å²) in [5, 5.41) is 7.12. The van der Waals surface area contributed by atoms with Gasteiger partial charge in [-0.15, -0.1) is 12.4 Å². The molecule has 0 unspecified atom stereocenters. The zero-order chi connectivity index (χ0) is 13.0. The van der Waals surface area contributed by atoms with Gasteiger partial charge in [-0.25, -0.2) is 0 Å². The molecule has 0 aliphatic heterocycles. The van der Waals surface area contributed by atoms with Gasteiger partial charge >= 0.3 is 0 Å². The van der Waals surface area contributed by atoms with E-state index in [2.05, 4.69) is 10.4 Å². The van der Waals surface area contributed by atoms with E-state index in [9.17, 15) is 4.79 Å². The molecule has 2 atom stereocenters. The highest BCUT2D eigenvalue weighted by atomic mass is 35.5. The molecule has 1 heterocycles. The van der Waals surface area contributed by atoms with Crippen LogP contribution in [-0.4, -0.2) is 28.3 Å². The van der Waals surface area contributed by atoms with Crippen molar-refractivity contribution in [1.29, 1.82) is 0 Å². The van der Waals surface area contributed by atoms with Crippen LogP contribution in [0.4, 0.5) is 0 Å². The number of aromatic nitrogens is 2. The molecule has 1 amide bonds. The third-order valence-electron chi connectivity index (χ3n) is 3.54. The molecule has 0 radical (unpaired) electrons. The van der Waals surface area contributed by atoms with Crippen LogP contribution in [-0.2, 0) is 18.3 Å². The van der Waals surface area contributed by atoms with Crippen LogP contribution in [0.2, 0.25) is 0 Å². The van der Waals surface area contributed by atoms with Crippen molar-refractivity contribution in [2.75, 3.05) is 6.54 Å². The number of rotatable bonds is 5. The summed E-state index contributed by atoms with van der Waals surface area (Å²) in [6.07, 6.45) is 8.56. The average molecular weight is 287 g/mol. The number of hydrogen-bond donors (Lipinski definition) is 2. The molecule has 108 valence electrons. The van der Waals surface area contributed by atoms with Gasteiger partial charge in [-0.05, 0) is 37.7 Å². The molecule has 0 aromatic carbocycles. The number of nitrogens with two attached hydrogens (primary N) is 1. The Morgan fingerprint density at radius 2 is 2.37 bits per heavy atom. The molecule has 0 saturated heterocycles. The minimum absolute atomic E-state index is 0. The SMILES string of the molecule is Cl.Cn1cc(CCCNC(=O)[C@H]2CC[C@@H](N)C2)cn1. The highest BCUT2D eigenvalue weighted by molar-refractivity contribution is 5.85. The zero-order valence-electron chi connectivity index (χ0n) is 11.3. The molecule has 1 fully saturated rings. The van der Waals surface area contributed by atoms with Crippen molar-refractivity contribution in [3.05, 3.63) is 18.0 Å². The first-order chi connectivity index (χ1) is 8.65. The van der Waals surface area contributed by atoms with Crippen molar-refractivity contribution >= 4 is 18.3 Å². The monoisotopic (exact) mass is 286 g/mol. The van der Waals surface area contributed by atoms with Crippen molar-refractivity contribution < 1.29 is 4.79 Å². The molecule has 1 aromatic rings. The maximum atomic E-state index is 11.8. The summed E-state index contributed by atoms with van der Waals surface area (Å²) in [6.45, 7) is 0.736. The van der Waals surface area contributed by atoms with Gasteiger partial charge in [0.15, 0.2) is 0 Å². The van der Waals surface area contributed by atoms with Gasteiger partial charge in [-0.1, -0.05) is 0 Å². The summed E-state index contributed by atoms with van der Waals surface area (Å²) in [5.74, 6) is 0.313. The number of carbonyl (C=O) groups excluding carboxylic acids is 1. The first-order valence-electron chi connectivity index (χ1n) is 6.66. The third kappa shape index (κ3) is 4.84. The number of nitrogens with one attached hydrogen (secondary N) is 1. The van der Waals surface area contributed by atoms with Gasteiger partial charge in [0, 0.05) is 31.7 Å². The predicted molar refractivity (Wildman–Crippen MR) is 77.1 cm³/mol. The van der Waals surface area contributed by atoms with Crippen LogP contribution in [0.15, 0.2) is 12.4 Å². The number of aryl methyl sites for hydroxylation is 2. The minimum atomic E-state index is 0. The fourth-order valence-corrected chi connectivity index (χ4v) is 2.50. The fraction of sp³-hybridized carbons (Fsp3) is 0.692. The number of carbonyl (C=O) groups is 1. The van der Waals surface area contributed by atoms with Crippen molar-refractivity contribution in [1.82, 2.24) is 15.1 Å². The Labute approximate surface area is 120 Å². The van der Waals surface area contributed by atoms with Crippen LogP contribution in [0.1, 0.15) is 31.2 Å². The third-order valence-corrected chi connectivity index (χ3v) is 3.54. The Hall–Kier alpha value is -1.07. The number of nitrogens with zero attached hydrogens (tertiary/aromatic N) is 2. The summed E-state index contributed by atoms with van der Waals surface area (Å²) in [6, 6.07) is 0.219. The second-order valence-electron chi connectivity index (χ2n) is 5.19. The summed E-state index contributed by atoms with van der Waals surface area (Å²) >= 11 is 0. The van der Waals surface area contributed by atoms with Gasteiger partial charge in [0.2, 0.25) is 5.91 Å². The molecule has 6 heteroatoms. The highest BCUT2D eigenvalue weighted by Gasteiger charge is 2.27. The van der Waals surface area contributed by atoms with Crippen LogP contribution in [0.3, 0.4) is 0 Å². The van der Waals surface area contributed by atoms with Crippen molar-refractivity contribution in [3.8, 4) is 0 Å². The first-order valence-corrected chi connectivity index (χ1v) is 6.66. The lowest BCUT2D eigenvalue weighted by molar-refractivity contribution is -0.124. The Kier molecular flexibility index (Phi) is 6.31. The lowest BCUT2D eigenvalue weighted by atomic mass is 10.1. The lowest BCUT2D eigenvalue weighted by Crippen LogP contribution is -2.31. The van der Waals surface area contributed by atoms with Crippen LogP contribution in [0.5, 0.6) is 0 Å². The fourth-order valence-electron chi connectivity index (χ4n) is 2.50. The molecular weight excluding hydrogens is 264 g/mol. The van der Waals surface area contributed by atoms with Gasteiger partial charge in [0.05, 0.1) is 6.20 Å². The molecule has 1 aliphatic carbocycles. The maximum Gasteiger partial charge on any atom is 0.223 e. The van der Waals surface area contributed by atoms with E-state index in [-0.39, 0.29) is 30.3 Å². The van der Waals surface area contributed by atoms with E-state index in [0.29, 0.717) is 0 Å². The molecule has 1 saturated carbocycles. The normalized spacial score (nSPS) is 22.0. The number of hydrogen-bond acceptors (Lipinski definition) is 3. The van der Waals surface area contributed by atoms with Gasteiger partial charge in [0.25, 0.3) is 0 Å². The van der Waals surface area contributed by atoms with Crippen molar-refractivity contribution in [3.63, 3.8) is 0 Å². The summed E-state index contributed by atoms with van der Waals surface area (Å²) in [5.41, 5.74) is 7.02. The van der Waals surface area contributed by atoms with E-state index in [1.54, 1.807) is 4.68 Å². The summed E-state index contributed by atoms with van der Waals surface area (Å²) in [4.78, 5) is 11.8. The van der Waals surface area contributed by atoms with E-state index in [0.717, 1.165) is 38.6 Å². The first kappa shape index (κ1) is 16.0. The van der Waals surface area contributed by atoms with Crippen molar-refractivity contribution in [2.24, 2.45) is 18.7 Å². The van der Waals surface area contributed by atoms with Crippen LogP contribution in [0, 0.1) is 5.92 Å². The van der Waals surface area contributed by atoms with Crippen LogP contribution < -0.4 is 11.1 Å². The highest BCUT2D eigenvalue weighted by Crippen LogP contribution is 2.23. The molecule has 1 aliphatic rings. The summed E-state index contributed by atoms with van der Waals surface area (Å²) in [7, 11) is 1.91. The molecule has 5 nitrogen and oxygen atoms in total. The van der Waals surface area contributed by atoms with E-state index < -0.39 is 0 Å². The second kappa shape index (κ2) is 7.50. The molecule has 3 N–H and O–H groups in total. The van der Waals surface area contributed by atoms with E-state index in [1.165, 1.54) is 5.56 Å². The molecular formula is C13H23ClN4O. The Bertz CT molecular complexity index is 407. The average Bonchev–Trinajstić information content (AvgIpc) is 2.93. The predicted octanol–water partition coefficient (Wildman–Crippen LogP) is 1.02. The molecule has 1 aromatic heterocycles.